The highest BCUT2D eigenvalue weighted by Crippen LogP contribution is 2.25. The molecule has 2 aliphatic rings. The number of guanidine groups is 1. The summed E-state index contributed by atoms with van der Waals surface area (Å²) < 4.78 is 5.33. The number of aliphatic imine (C=N–C) groups is 1. The van der Waals surface area contributed by atoms with Gasteiger partial charge in [-0.15, -0.1) is 0 Å². The van der Waals surface area contributed by atoms with Crippen LogP contribution in [0, 0.1) is 5.41 Å². The maximum absolute atomic E-state index is 5.33. The fraction of sp³-hybridized carbons (Fsp3) is 0.550. The molecule has 0 spiro atoms. The molecule has 0 amide bonds. The van der Waals surface area contributed by atoms with Gasteiger partial charge in [-0.1, -0.05) is 49.4 Å². The van der Waals surface area contributed by atoms with Gasteiger partial charge in [-0.3, -0.25) is 9.89 Å². The number of hydrogen-bond donors (Lipinski definition) is 1. The summed E-state index contributed by atoms with van der Waals surface area (Å²) >= 11 is 0. The quantitative estimate of drug-likeness (QED) is 0.656. The minimum atomic E-state index is 0.264. The van der Waals surface area contributed by atoms with E-state index in [-0.39, 0.29) is 5.41 Å². The minimum Gasteiger partial charge on any atom is -0.380 e. The van der Waals surface area contributed by atoms with E-state index in [2.05, 4.69) is 69.5 Å². The van der Waals surface area contributed by atoms with E-state index in [1.807, 2.05) is 7.05 Å². The van der Waals surface area contributed by atoms with Crippen molar-refractivity contribution in [2.75, 3.05) is 59.5 Å². The predicted molar refractivity (Wildman–Crippen MR) is 104 cm³/mol. The summed E-state index contributed by atoms with van der Waals surface area (Å²) in [6, 6.07) is 10.5. The zero-order valence-electron chi connectivity index (χ0n) is 15.4. The standard InChI is InChI=1S/C20H30N4O/c1-20(16-25-17-20)15-22-19(21-2)24-13-11-23(12-14-24)10-6-9-18-7-4-3-5-8-18/h3-9H,10-17H2,1-2H3,(H,21,22)/b9-6+. The molecular weight excluding hydrogens is 312 g/mol. The third-order valence-electron chi connectivity index (χ3n) is 4.93. The Hall–Kier alpha value is -1.85. The second kappa shape index (κ2) is 8.50. The van der Waals surface area contributed by atoms with Crippen LogP contribution in [-0.4, -0.2) is 75.3 Å². The van der Waals surface area contributed by atoms with Gasteiger partial charge in [0, 0.05) is 51.7 Å². The predicted octanol–water partition coefficient (Wildman–Crippen LogP) is 1.93. The number of hydrogen-bond acceptors (Lipinski definition) is 3. The Morgan fingerprint density at radius 1 is 1.20 bits per heavy atom. The fourth-order valence-electron chi connectivity index (χ4n) is 3.22. The molecule has 2 heterocycles. The second-order valence-electron chi connectivity index (χ2n) is 7.30. The Labute approximate surface area is 151 Å². The zero-order valence-corrected chi connectivity index (χ0v) is 15.4. The van der Waals surface area contributed by atoms with Crippen molar-refractivity contribution in [3.05, 3.63) is 42.0 Å². The van der Waals surface area contributed by atoms with Crippen molar-refractivity contribution < 1.29 is 4.74 Å². The van der Waals surface area contributed by atoms with E-state index in [0.29, 0.717) is 0 Å². The maximum atomic E-state index is 5.33. The normalized spacial score (nSPS) is 21.4. The average Bonchev–Trinajstić information content (AvgIpc) is 2.63. The van der Waals surface area contributed by atoms with E-state index in [0.717, 1.165) is 58.4 Å². The highest BCUT2D eigenvalue weighted by atomic mass is 16.5. The van der Waals surface area contributed by atoms with E-state index in [4.69, 9.17) is 4.74 Å². The molecule has 0 atom stereocenters. The Kier molecular flexibility index (Phi) is 6.10. The molecule has 5 heteroatoms. The largest absolute Gasteiger partial charge is 0.380 e. The molecule has 0 bridgehead atoms. The van der Waals surface area contributed by atoms with Gasteiger partial charge >= 0.3 is 0 Å². The first-order valence-corrected chi connectivity index (χ1v) is 9.16. The van der Waals surface area contributed by atoms with Gasteiger partial charge in [0.15, 0.2) is 5.96 Å². The lowest BCUT2D eigenvalue weighted by molar-refractivity contribution is -0.0973. The van der Waals surface area contributed by atoms with E-state index >= 15 is 0 Å². The first-order valence-electron chi connectivity index (χ1n) is 9.16. The fourth-order valence-corrected chi connectivity index (χ4v) is 3.22. The van der Waals surface area contributed by atoms with Crippen LogP contribution < -0.4 is 5.32 Å². The second-order valence-corrected chi connectivity index (χ2v) is 7.30. The lowest BCUT2D eigenvalue weighted by Crippen LogP contribution is -2.55. The Morgan fingerprint density at radius 3 is 2.52 bits per heavy atom. The Balaban J connectivity index is 1.40. The Morgan fingerprint density at radius 2 is 1.92 bits per heavy atom. The number of benzene rings is 1. The molecule has 2 saturated heterocycles. The van der Waals surface area contributed by atoms with Crippen molar-refractivity contribution in [2.24, 2.45) is 10.4 Å². The molecule has 1 aromatic rings. The van der Waals surface area contributed by atoms with E-state index in [1.54, 1.807) is 0 Å². The monoisotopic (exact) mass is 342 g/mol. The van der Waals surface area contributed by atoms with E-state index in [9.17, 15) is 0 Å². The van der Waals surface area contributed by atoms with Crippen molar-refractivity contribution in [1.82, 2.24) is 15.1 Å². The van der Waals surface area contributed by atoms with Gasteiger partial charge in [-0.25, -0.2) is 0 Å². The van der Waals surface area contributed by atoms with E-state index in [1.165, 1.54) is 5.56 Å². The molecule has 25 heavy (non-hydrogen) atoms. The molecule has 0 aliphatic carbocycles. The van der Waals surface area contributed by atoms with Gasteiger partial charge in [-0.05, 0) is 5.56 Å². The molecule has 2 fully saturated rings. The molecule has 5 nitrogen and oxygen atoms in total. The van der Waals surface area contributed by atoms with Crippen LogP contribution in [0.2, 0.25) is 0 Å². The summed E-state index contributed by atoms with van der Waals surface area (Å²) in [6.07, 6.45) is 4.46. The van der Waals surface area contributed by atoms with Crippen LogP contribution >= 0.6 is 0 Å². The summed E-state index contributed by atoms with van der Waals surface area (Å²) in [5, 5.41) is 3.52. The lowest BCUT2D eigenvalue weighted by atomic mass is 9.89. The molecular formula is C20H30N4O. The summed E-state index contributed by atoms with van der Waals surface area (Å²) in [5.41, 5.74) is 1.53. The number of rotatable bonds is 5. The van der Waals surface area contributed by atoms with Crippen LogP contribution in [0.5, 0.6) is 0 Å². The molecule has 0 radical (unpaired) electrons. The van der Waals surface area contributed by atoms with Gasteiger partial charge < -0.3 is 15.0 Å². The van der Waals surface area contributed by atoms with Crippen LogP contribution in [0.3, 0.4) is 0 Å². The van der Waals surface area contributed by atoms with Crippen molar-refractivity contribution >= 4 is 12.0 Å². The van der Waals surface area contributed by atoms with Crippen LogP contribution in [0.1, 0.15) is 12.5 Å². The molecule has 1 N–H and O–H groups in total. The summed E-state index contributed by atoms with van der Waals surface area (Å²) in [5.74, 6) is 1.02. The van der Waals surface area contributed by atoms with Crippen molar-refractivity contribution in [3.8, 4) is 0 Å². The smallest absolute Gasteiger partial charge is 0.193 e. The lowest BCUT2D eigenvalue weighted by Gasteiger charge is -2.40. The van der Waals surface area contributed by atoms with Crippen molar-refractivity contribution in [1.29, 1.82) is 0 Å². The number of nitrogens with one attached hydrogen (secondary N) is 1. The van der Waals surface area contributed by atoms with E-state index < -0.39 is 0 Å². The van der Waals surface area contributed by atoms with Crippen molar-refractivity contribution in [3.63, 3.8) is 0 Å². The number of nitrogens with zero attached hydrogens (tertiary/aromatic N) is 3. The molecule has 2 aliphatic heterocycles. The van der Waals surface area contributed by atoms with Gasteiger partial charge in [-0.2, -0.15) is 0 Å². The third kappa shape index (κ3) is 5.06. The van der Waals surface area contributed by atoms with Crippen LogP contribution in [0.4, 0.5) is 0 Å². The molecule has 0 saturated carbocycles. The van der Waals surface area contributed by atoms with Gasteiger partial charge in [0.05, 0.1) is 13.2 Å². The molecule has 3 rings (SSSR count). The Bertz CT molecular complexity index is 587. The third-order valence-corrected chi connectivity index (χ3v) is 4.93. The summed E-state index contributed by atoms with van der Waals surface area (Å²) in [4.78, 5) is 9.31. The average molecular weight is 342 g/mol. The molecule has 1 aromatic carbocycles. The highest BCUT2D eigenvalue weighted by Gasteiger charge is 2.33. The first-order chi connectivity index (χ1) is 12.2. The molecule has 136 valence electrons. The van der Waals surface area contributed by atoms with Gasteiger partial charge in [0.25, 0.3) is 0 Å². The highest BCUT2D eigenvalue weighted by molar-refractivity contribution is 5.80. The summed E-state index contributed by atoms with van der Waals surface area (Å²) in [6.45, 7) is 10.1. The van der Waals surface area contributed by atoms with Gasteiger partial charge in [0.2, 0.25) is 0 Å². The number of ether oxygens (including phenoxy) is 1. The SMILES string of the molecule is CN=C(NCC1(C)COC1)N1CCN(C/C=C/c2ccccc2)CC1. The molecule has 0 unspecified atom stereocenters. The summed E-state index contributed by atoms with van der Waals surface area (Å²) in [7, 11) is 1.87. The minimum absolute atomic E-state index is 0.264. The van der Waals surface area contributed by atoms with Crippen molar-refractivity contribution in [2.45, 2.75) is 6.92 Å². The topological polar surface area (TPSA) is 40.1 Å². The van der Waals surface area contributed by atoms with Crippen LogP contribution in [0.25, 0.3) is 6.08 Å². The zero-order chi connectivity index (χ0) is 17.5. The first kappa shape index (κ1) is 18.0. The van der Waals surface area contributed by atoms with Crippen LogP contribution in [-0.2, 0) is 4.74 Å². The maximum Gasteiger partial charge on any atom is 0.193 e. The number of piperazine rings is 1. The van der Waals surface area contributed by atoms with Crippen LogP contribution in [0.15, 0.2) is 41.4 Å². The van der Waals surface area contributed by atoms with Gasteiger partial charge in [0.1, 0.15) is 0 Å². The molecule has 0 aromatic heterocycles.